The molecule has 1 aliphatic carbocycles. The molecule has 1 saturated heterocycles. The Kier molecular flexibility index (Phi) is 23.8. The van der Waals surface area contributed by atoms with E-state index in [0.717, 1.165) is 49.9 Å². The molecule has 380 valence electrons. The molecule has 3 aromatic heterocycles. The lowest BCUT2D eigenvalue weighted by Crippen LogP contribution is -2.51. The molecule has 0 unspecified atom stereocenters. The van der Waals surface area contributed by atoms with Gasteiger partial charge in [0.2, 0.25) is 5.95 Å². The smallest absolute Gasteiger partial charge is 0.257 e. The van der Waals surface area contributed by atoms with Gasteiger partial charge < -0.3 is 57.4 Å². The summed E-state index contributed by atoms with van der Waals surface area (Å²) in [7, 11) is 1.65. The maximum absolute atomic E-state index is 9.78. The molecule has 3 atom stereocenters. The Morgan fingerprint density at radius 3 is 1.83 bits per heavy atom. The van der Waals surface area contributed by atoms with Gasteiger partial charge in [0.05, 0.1) is 136 Å². The number of morpholine rings is 1. The van der Waals surface area contributed by atoms with Crippen LogP contribution in [0.3, 0.4) is 0 Å². The monoisotopic (exact) mass is 965 g/mol. The summed E-state index contributed by atoms with van der Waals surface area (Å²) in [5, 5.41) is 22.2. The van der Waals surface area contributed by atoms with Crippen molar-refractivity contribution in [3.05, 3.63) is 55.0 Å². The average Bonchev–Trinajstić information content (AvgIpc) is 4.02. The van der Waals surface area contributed by atoms with Gasteiger partial charge in [0.25, 0.3) is 5.88 Å². The topological polar surface area (TPSA) is 215 Å². The molecule has 4 aromatic rings. The van der Waals surface area contributed by atoms with Crippen molar-refractivity contribution in [2.24, 2.45) is 0 Å². The third-order valence-electron chi connectivity index (χ3n) is 11.4. The predicted molar refractivity (Wildman–Crippen MR) is 254 cm³/mol. The van der Waals surface area contributed by atoms with Gasteiger partial charge in [0, 0.05) is 44.2 Å². The van der Waals surface area contributed by atoms with Crippen LogP contribution in [0.2, 0.25) is 0 Å². The van der Waals surface area contributed by atoms with Crippen LogP contribution in [0, 0.1) is 11.3 Å². The molecule has 1 aliphatic heterocycles. The fourth-order valence-corrected chi connectivity index (χ4v) is 8.12. The fraction of sp³-hybridized carbons (Fsp3) is 0.667. The first-order valence-electron chi connectivity index (χ1n) is 24.2. The highest BCUT2D eigenvalue weighted by atomic mass is 16.6. The van der Waals surface area contributed by atoms with E-state index in [1.54, 1.807) is 36.6 Å². The van der Waals surface area contributed by atoms with Crippen LogP contribution in [0.5, 0.6) is 11.6 Å². The highest BCUT2D eigenvalue weighted by Gasteiger charge is 2.32. The number of rotatable bonds is 34. The Hall–Kier alpha value is -4.86. The minimum Gasteiger partial charge on any atom is -0.487 e. The van der Waals surface area contributed by atoms with Gasteiger partial charge in [-0.3, -0.25) is 9.58 Å². The normalized spacial score (nSPS) is 19.1. The number of methoxy groups -OCH3 is 1. The number of nitriles is 1. The number of nitrogens with zero attached hydrogens (tertiary/aromatic N) is 9. The first kappa shape index (κ1) is 53.5. The maximum atomic E-state index is 9.78. The second kappa shape index (κ2) is 30.7. The zero-order valence-electron chi connectivity index (χ0n) is 40.8. The van der Waals surface area contributed by atoms with Crippen LogP contribution in [0.4, 0.5) is 11.6 Å². The van der Waals surface area contributed by atoms with E-state index in [1.165, 1.54) is 6.33 Å². The van der Waals surface area contributed by atoms with Crippen molar-refractivity contribution in [1.29, 1.82) is 5.26 Å². The molecule has 1 N–H and O–H groups in total. The van der Waals surface area contributed by atoms with Crippen molar-refractivity contribution < 1.29 is 52.1 Å². The van der Waals surface area contributed by atoms with Crippen molar-refractivity contribution in [1.82, 2.24) is 39.4 Å². The first-order chi connectivity index (χ1) is 33.9. The minimum absolute atomic E-state index is 0.230. The number of nitrogens with one attached hydrogen (secondary N) is 1. The van der Waals surface area contributed by atoms with Crippen LogP contribution >= 0.6 is 0 Å². The molecule has 1 saturated carbocycles. The summed E-state index contributed by atoms with van der Waals surface area (Å²) < 4.78 is 65.9. The maximum Gasteiger partial charge on any atom is 0.257 e. The summed E-state index contributed by atoms with van der Waals surface area (Å²) >= 11 is 0. The Labute approximate surface area is 405 Å². The number of anilines is 2. The zero-order valence-corrected chi connectivity index (χ0v) is 40.8. The lowest BCUT2D eigenvalue weighted by atomic mass is 9.89. The van der Waals surface area contributed by atoms with E-state index in [-0.39, 0.29) is 24.4 Å². The van der Waals surface area contributed by atoms with E-state index in [0.29, 0.717) is 147 Å². The molecule has 4 heterocycles. The standard InChI is InChI=1S/C48H72N10O11/c1-37-31-56(32-38(2)68-37)43-7-9-44(10-8-43)58-34-45(54-48-51-29-42(30-52-48)40-5-6-41(28-49)46(27-40)69-39(3)33-57-36-50-35-53-57)47(55-58)67-26-25-66-24-23-65-22-21-64-20-19-63-18-17-62-16-15-61-14-13-60-12-11-59-4/h5-6,27,29-30,34-39,43-44H,7-26,31-33H2,1-4H3,(H,51,52,54)/t37-,38+,39-,43?,44?/m0/s1. The summed E-state index contributed by atoms with van der Waals surface area (Å²) in [6.07, 6.45) is 13.0. The van der Waals surface area contributed by atoms with Gasteiger partial charge in [-0.15, -0.1) is 5.10 Å². The number of benzene rings is 1. The second-order valence-corrected chi connectivity index (χ2v) is 16.9. The van der Waals surface area contributed by atoms with Crippen LogP contribution in [-0.4, -0.2) is 190 Å². The number of hydrogen-bond donors (Lipinski definition) is 1. The quantitative estimate of drug-likeness (QED) is 0.0626. The minimum atomic E-state index is -0.255. The van der Waals surface area contributed by atoms with Crippen molar-refractivity contribution >= 4 is 11.6 Å². The molecule has 21 heteroatoms. The van der Waals surface area contributed by atoms with E-state index < -0.39 is 0 Å². The van der Waals surface area contributed by atoms with Crippen LogP contribution in [-0.2, 0) is 49.2 Å². The lowest BCUT2D eigenvalue weighted by molar-refractivity contribution is -0.0852. The summed E-state index contributed by atoms with van der Waals surface area (Å²) in [6, 6.07) is 8.42. The highest BCUT2D eigenvalue weighted by Crippen LogP contribution is 2.35. The van der Waals surface area contributed by atoms with Crippen molar-refractivity contribution in [3.8, 4) is 28.8 Å². The van der Waals surface area contributed by atoms with Crippen LogP contribution in [0.1, 0.15) is 58.1 Å². The van der Waals surface area contributed by atoms with E-state index in [9.17, 15) is 5.26 Å². The summed E-state index contributed by atoms with van der Waals surface area (Å²) in [4.78, 5) is 15.9. The van der Waals surface area contributed by atoms with E-state index >= 15 is 0 Å². The molecule has 0 radical (unpaired) electrons. The van der Waals surface area contributed by atoms with Gasteiger partial charge in [0.15, 0.2) is 0 Å². The Morgan fingerprint density at radius 2 is 1.29 bits per heavy atom. The van der Waals surface area contributed by atoms with Gasteiger partial charge in [-0.2, -0.15) is 10.4 Å². The fourth-order valence-electron chi connectivity index (χ4n) is 8.12. The number of hydrogen-bond acceptors (Lipinski definition) is 19. The molecule has 2 fully saturated rings. The van der Waals surface area contributed by atoms with Crippen molar-refractivity contribution in [3.63, 3.8) is 0 Å². The molecule has 6 rings (SSSR count). The molecule has 1 aromatic carbocycles. The summed E-state index contributed by atoms with van der Waals surface area (Å²) in [5.74, 6) is 1.30. The predicted octanol–water partition coefficient (Wildman–Crippen LogP) is 4.75. The first-order valence-corrected chi connectivity index (χ1v) is 24.2. The van der Waals surface area contributed by atoms with Gasteiger partial charge in [-0.1, -0.05) is 6.07 Å². The average molecular weight is 965 g/mol. The zero-order chi connectivity index (χ0) is 48.3. The van der Waals surface area contributed by atoms with Gasteiger partial charge in [0.1, 0.15) is 42.9 Å². The molecule has 69 heavy (non-hydrogen) atoms. The van der Waals surface area contributed by atoms with Gasteiger partial charge in [-0.25, -0.2) is 19.6 Å². The molecule has 0 amide bonds. The molecule has 0 bridgehead atoms. The second-order valence-electron chi connectivity index (χ2n) is 16.9. The van der Waals surface area contributed by atoms with Crippen LogP contribution in [0.15, 0.2) is 49.4 Å². The lowest BCUT2D eigenvalue weighted by Gasteiger charge is -2.42. The Morgan fingerprint density at radius 1 is 0.739 bits per heavy atom. The van der Waals surface area contributed by atoms with Crippen LogP contribution in [0.25, 0.3) is 11.1 Å². The molecular weight excluding hydrogens is 893 g/mol. The van der Waals surface area contributed by atoms with E-state index in [1.807, 2.05) is 29.9 Å². The third kappa shape index (κ3) is 19.1. The Bertz CT molecular complexity index is 2020. The van der Waals surface area contributed by atoms with Crippen molar-refractivity contribution in [2.45, 2.75) is 83.4 Å². The Balaban J connectivity index is 0.911. The largest absolute Gasteiger partial charge is 0.487 e. The summed E-state index contributed by atoms with van der Waals surface area (Å²) in [5.41, 5.74) is 2.66. The molecular formula is C48H72N10O11. The van der Waals surface area contributed by atoms with Gasteiger partial charge in [-0.05, 0) is 64.2 Å². The molecule has 2 aliphatic rings. The van der Waals surface area contributed by atoms with Gasteiger partial charge >= 0.3 is 0 Å². The van der Waals surface area contributed by atoms with Crippen LogP contribution < -0.4 is 14.8 Å². The van der Waals surface area contributed by atoms with E-state index in [2.05, 4.69) is 50.2 Å². The third-order valence-corrected chi connectivity index (χ3v) is 11.4. The number of aromatic nitrogens is 7. The van der Waals surface area contributed by atoms with Crippen molar-refractivity contribution in [2.75, 3.05) is 131 Å². The molecule has 21 nitrogen and oxygen atoms in total. The number of ether oxygens (including phenoxy) is 11. The summed E-state index contributed by atoms with van der Waals surface area (Å²) in [6.45, 7) is 16.3. The molecule has 0 spiro atoms. The SMILES string of the molecule is COCCOCCOCCOCCOCCOCCOCCOCCOc1nn(C2CCC(N3C[C@@H](C)O[C@@H](C)C3)CC2)cc1Nc1ncc(-c2ccc(C#N)c(O[C@@H](C)Cn3cncn3)c2)cn1. The van der Waals surface area contributed by atoms with E-state index in [4.69, 9.17) is 57.2 Å². The highest BCUT2D eigenvalue weighted by molar-refractivity contribution is 5.67.